The topological polar surface area (TPSA) is 46.6 Å². The normalized spacial score (nSPS) is 18.1. The van der Waals surface area contributed by atoms with E-state index in [1.807, 2.05) is 31.2 Å². The highest BCUT2D eigenvalue weighted by Crippen LogP contribution is 2.37. The van der Waals surface area contributed by atoms with Gasteiger partial charge in [-0.1, -0.05) is 18.2 Å². The molecule has 0 saturated heterocycles. The Bertz CT molecular complexity index is 456. The highest BCUT2D eigenvalue weighted by molar-refractivity contribution is 6.16. The van der Waals surface area contributed by atoms with Crippen molar-refractivity contribution in [3.05, 3.63) is 29.8 Å². The van der Waals surface area contributed by atoms with Crippen LogP contribution in [-0.4, -0.2) is 25.0 Å². The molecule has 0 bridgehead atoms. The third kappa shape index (κ3) is 1.79. The summed E-state index contributed by atoms with van der Waals surface area (Å²) >= 11 is 0. The van der Waals surface area contributed by atoms with Gasteiger partial charge in [0, 0.05) is 12.2 Å². The van der Waals surface area contributed by atoms with Gasteiger partial charge in [-0.15, -0.1) is 0 Å². The van der Waals surface area contributed by atoms with E-state index in [0.29, 0.717) is 6.54 Å². The van der Waals surface area contributed by atoms with E-state index in [-0.39, 0.29) is 12.5 Å². The van der Waals surface area contributed by atoms with Crippen molar-refractivity contribution in [2.45, 2.75) is 19.8 Å². The van der Waals surface area contributed by atoms with E-state index in [9.17, 15) is 9.59 Å². The van der Waals surface area contributed by atoms with E-state index in [2.05, 4.69) is 0 Å². The van der Waals surface area contributed by atoms with Gasteiger partial charge < -0.3 is 9.64 Å². The van der Waals surface area contributed by atoms with Crippen LogP contribution in [0.5, 0.6) is 0 Å². The smallest absolute Gasteiger partial charge is 0.323 e. The van der Waals surface area contributed by atoms with Crippen LogP contribution < -0.4 is 4.90 Å². The third-order valence-corrected chi connectivity index (χ3v) is 2.89. The maximum absolute atomic E-state index is 12.1. The maximum atomic E-state index is 12.1. The first kappa shape index (κ1) is 11.6. The van der Waals surface area contributed by atoms with Crippen molar-refractivity contribution in [1.82, 2.24) is 0 Å². The van der Waals surface area contributed by atoms with E-state index in [1.54, 1.807) is 11.8 Å². The summed E-state index contributed by atoms with van der Waals surface area (Å²) in [6.45, 7) is 4.48. The molecular weight excluding hydrogens is 218 g/mol. The minimum absolute atomic E-state index is 0.188. The van der Waals surface area contributed by atoms with Crippen LogP contribution in [0.1, 0.15) is 25.3 Å². The fraction of sp³-hybridized carbons (Fsp3) is 0.385. The van der Waals surface area contributed by atoms with Crippen LogP contribution >= 0.6 is 0 Å². The molecule has 1 atom stereocenters. The minimum atomic E-state index is -0.786. The molecule has 17 heavy (non-hydrogen) atoms. The van der Waals surface area contributed by atoms with Gasteiger partial charge in [0.15, 0.2) is 5.92 Å². The number of nitrogens with zero attached hydrogens (tertiary/aromatic N) is 1. The lowest BCUT2D eigenvalue weighted by atomic mass is 10.0. The Morgan fingerprint density at radius 2 is 2.06 bits per heavy atom. The van der Waals surface area contributed by atoms with Crippen LogP contribution in [0, 0.1) is 0 Å². The largest absolute Gasteiger partial charge is 0.465 e. The molecule has 0 spiro atoms. The predicted octanol–water partition coefficient (Wildman–Crippen LogP) is 1.70. The van der Waals surface area contributed by atoms with Gasteiger partial charge in [0.25, 0.3) is 0 Å². The van der Waals surface area contributed by atoms with Crippen LogP contribution in [0.25, 0.3) is 0 Å². The summed E-state index contributed by atoms with van der Waals surface area (Å²) in [6.07, 6.45) is 0. The Labute approximate surface area is 100 Å². The van der Waals surface area contributed by atoms with E-state index < -0.39 is 11.9 Å². The van der Waals surface area contributed by atoms with E-state index >= 15 is 0 Å². The molecule has 0 fully saturated rings. The molecule has 1 unspecified atom stereocenters. The average Bonchev–Trinajstić information content (AvgIpc) is 2.61. The van der Waals surface area contributed by atoms with Gasteiger partial charge in [0.05, 0.1) is 6.61 Å². The summed E-state index contributed by atoms with van der Waals surface area (Å²) in [7, 11) is 0. The summed E-state index contributed by atoms with van der Waals surface area (Å²) in [5, 5.41) is 0. The quantitative estimate of drug-likeness (QED) is 0.589. The fourth-order valence-corrected chi connectivity index (χ4v) is 2.16. The summed E-state index contributed by atoms with van der Waals surface area (Å²) in [5.74, 6) is -1.43. The maximum Gasteiger partial charge on any atom is 0.323 e. The zero-order chi connectivity index (χ0) is 12.4. The molecule has 1 heterocycles. The van der Waals surface area contributed by atoms with E-state index in [4.69, 9.17) is 4.74 Å². The average molecular weight is 233 g/mol. The number of carbonyl (C=O) groups is 2. The van der Waals surface area contributed by atoms with Crippen LogP contribution in [0.4, 0.5) is 5.69 Å². The Kier molecular flexibility index (Phi) is 3.13. The van der Waals surface area contributed by atoms with Crippen LogP contribution in [0.3, 0.4) is 0 Å². The number of amides is 1. The Hall–Kier alpha value is -1.84. The van der Waals surface area contributed by atoms with Crippen molar-refractivity contribution < 1.29 is 14.3 Å². The van der Waals surface area contributed by atoms with Crippen molar-refractivity contribution in [3.63, 3.8) is 0 Å². The van der Waals surface area contributed by atoms with Crippen molar-refractivity contribution >= 4 is 17.6 Å². The molecule has 1 aromatic carbocycles. The van der Waals surface area contributed by atoms with Crippen LogP contribution in [0.15, 0.2) is 24.3 Å². The molecular formula is C13H15NO3. The second-order valence-electron chi connectivity index (χ2n) is 3.83. The van der Waals surface area contributed by atoms with E-state index in [1.165, 1.54) is 0 Å². The van der Waals surface area contributed by atoms with Gasteiger partial charge >= 0.3 is 5.97 Å². The number of anilines is 1. The summed E-state index contributed by atoms with van der Waals surface area (Å²) < 4.78 is 4.96. The molecule has 1 aromatic rings. The van der Waals surface area contributed by atoms with Crippen molar-refractivity contribution in [2.75, 3.05) is 18.1 Å². The zero-order valence-electron chi connectivity index (χ0n) is 9.97. The monoisotopic (exact) mass is 233 g/mol. The highest BCUT2D eigenvalue weighted by Gasteiger charge is 2.41. The number of benzene rings is 1. The summed E-state index contributed by atoms with van der Waals surface area (Å²) in [4.78, 5) is 25.6. The SMILES string of the molecule is CCOC(=O)C1C(=O)N(CC)c2ccccc21. The number of hydrogen-bond donors (Lipinski definition) is 0. The molecule has 1 aliphatic rings. The highest BCUT2D eigenvalue weighted by atomic mass is 16.5. The zero-order valence-corrected chi connectivity index (χ0v) is 9.97. The van der Waals surface area contributed by atoms with Gasteiger partial charge in [-0.05, 0) is 25.5 Å². The number of hydrogen-bond acceptors (Lipinski definition) is 3. The van der Waals surface area contributed by atoms with Gasteiger partial charge in [-0.3, -0.25) is 9.59 Å². The molecule has 90 valence electrons. The molecule has 0 aliphatic carbocycles. The molecule has 4 nitrogen and oxygen atoms in total. The van der Waals surface area contributed by atoms with Crippen molar-refractivity contribution in [2.24, 2.45) is 0 Å². The third-order valence-electron chi connectivity index (χ3n) is 2.89. The second-order valence-corrected chi connectivity index (χ2v) is 3.83. The molecule has 0 saturated carbocycles. The molecule has 2 rings (SSSR count). The van der Waals surface area contributed by atoms with Crippen molar-refractivity contribution in [1.29, 1.82) is 0 Å². The molecule has 0 N–H and O–H groups in total. The fourth-order valence-electron chi connectivity index (χ4n) is 2.16. The Morgan fingerprint density at radius 1 is 1.35 bits per heavy atom. The first-order chi connectivity index (χ1) is 8.20. The minimum Gasteiger partial charge on any atom is -0.465 e. The Morgan fingerprint density at radius 3 is 2.71 bits per heavy atom. The van der Waals surface area contributed by atoms with Crippen LogP contribution in [0.2, 0.25) is 0 Å². The van der Waals surface area contributed by atoms with Gasteiger partial charge in [-0.25, -0.2) is 0 Å². The van der Waals surface area contributed by atoms with Crippen LogP contribution in [-0.2, 0) is 14.3 Å². The number of para-hydroxylation sites is 1. The summed E-state index contributed by atoms with van der Waals surface area (Å²) in [5.41, 5.74) is 1.57. The van der Waals surface area contributed by atoms with Gasteiger partial charge in [-0.2, -0.15) is 0 Å². The van der Waals surface area contributed by atoms with Gasteiger partial charge in [0.1, 0.15) is 0 Å². The van der Waals surface area contributed by atoms with Crippen molar-refractivity contribution in [3.8, 4) is 0 Å². The number of likely N-dealkylation sites (N-methyl/N-ethyl adjacent to an activating group) is 1. The molecule has 1 amide bonds. The van der Waals surface area contributed by atoms with E-state index in [0.717, 1.165) is 11.3 Å². The Balaban J connectivity index is 2.42. The first-order valence-electron chi connectivity index (χ1n) is 5.77. The number of carbonyl (C=O) groups excluding carboxylic acids is 2. The predicted molar refractivity (Wildman–Crippen MR) is 63.8 cm³/mol. The summed E-state index contributed by atoms with van der Waals surface area (Å²) in [6, 6.07) is 7.36. The van der Waals surface area contributed by atoms with Gasteiger partial charge in [0.2, 0.25) is 5.91 Å². The number of ether oxygens (including phenoxy) is 1. The standard InChI is InChI=1S/C13H15NO3/c1-3-14-10-8-6-5-7-9(10)11(12(14)15)13(16)17-4-2/h5-8,11H,3-4H2,1-2H3. The molecule has 0 aromatic heterocycles. The molecule has 1 aliphatic heterocycles. The second kappa shape index (κ2) is 4.57. The number of rotatable bonds is 3. The number of esters is 1. The lowest BCUT2D eigenvalue weighted by Gasteiger charge is -2.14. The first-order valence-corrected chi connectivity index (χ1v) is 5.77. The number of fused-ring (bicyclic) bond motifs is 1. The lowest BCUT2D eigenvalue weighted by Crippen LogP contribution is -2.32. The molecule has 0 radical (unpaired) electrons. The molecule has 4 heteroatoms. The lowest BCUT2D eigenvalue weighted by molar-refractivity contribution is -0.147.